The van der Waals surface area contributed by atoms with E-state index in [1.54, 1.807) is 0 Å². The molecule has 3 nitrogen and oxygen atoms in total. The molecule has 3 rings (SSSR count). The molecule has 21 heavy (non-hydrogen) atoms. The number of nitriles is 1. The molecule has 0 saturated heterocycles. The molecule has 1 atom stereocenters. The molecule has 1 heterocycles. The molecule has 0 aromatic carbocycles. The maximum absolute atomic E-state index is 12.7. The second-order valence-corrected chi connectivity index (χ2v) is 7.77. The lowest BCUT2D eigenvalue weighted by Crippen LogP contribution is -2.54. The van der Waals surface area contributed by atoms with Crippen LogP contribution in [-0.4, -0.2) is 10.8 Å². The molecule has 1 fully saturated rings. The van der Waals surface area contributed by atoms with Gasteiger partial charge < -0.3 is 5.32 Å². The highest BCUT2D eigenvalue weighted by Crippen LogP contribution is 2.55. The summed E-state index contributed by atoms with van der Waals surface area (Å²) in [5.74, 6) is -0.106. The van der Waals surface area contributed by atoms with Crippen molar-refractivity contribution in [1.82, 2.24) is 5.32 Å². The third-order valence-electron chi connectivity index (χ3n) is 5.62. The van der Waals surface area contributed by atoms with E-state index in [4.69, 9.17) is 12.2 Å². The van der Waals surface area contributed by atoms with Crippen LogP contribution in [0.3, 0.4) is 0 Å². The molecule has 112 valence electrons. The SMILES string of the molecule is CC1(C)CCC(=O)C2=C1NC(=S)C(C#N)C21CCCCC1. The Kier molecular flexibility index (Phi) is 3.44. The van der Waals surface area contributed by atoms with Gasteiger partial charge in [-0.2, -0.15) is 5.26 Å². The van der Waals surface area contributed by atoms with Crippen LogP contribution in [0.2, 0.25) is 0 Å². The number of hydrogen-bond acceptors (Lipinski definition) is 3. The molecule has 1 spiro atoms. The van der Waals surface area contributed by atoms with Crippen LogP contribution in [-0.2, 0) is 4.79 Å². The fourth-order valence-corrected chi connectivity index (χ4v) is 4.79. The Morgan fingerprint density at radius 2 is 1.90 bits per heavy atom. The number of hydrogen-bond donors (Lipinski definition) is 1. The van der Waals surface area contributed by atoms with Crippen molar-refractivity contribution in [2.24, 2.45) is 16.7 Å². The number of carbonyl (C=O) groups is 1. The van der Waals surface area contributed by atoms with Gasteiger partial charge >= 0.3 is 0 Å². The average molecular weight is 302 g/mol. The molecular weight excluding hydrogens is 280 g/mol. The number of thiocarbonyl (C=S) groups is 1. The Balaban J connectivity index is 2.23. The van der Waals surface area contributed by atoms with E-state index in [1.165, 1.54) is 6.42 Å². The Bertz CT molecular complexity index is 576. The summed E-state index contributed by atoms with van der Waals surface area (Å²) in [5, 5.41) is 13.0. The zero-order chi connectivity index (χ0) is 15.3. The van der Waals surface area contributed by atoms with E-state index in [1.807, 2.05) is 0 Å². The summed E-state index contributed by atoms with van der Waals surface area (Å²) in [5.41, 5.74) is 1.55. The first kappa shape index (κ1) is 14.7. The number of nitrogens with zero attached hydrogens (tertiary/aromatic N) is 1. The summed E-state index contributed by atoms with van der Waals surface area (Å²) in [6.07, 6.45) is 6.67. The molecule has 0 bridgehead atoms. The standard InChI is InChI=1S/C17H22N2OS/c1-16(2)9-6-12(20)13-14(16)19-15(21)11(10-18)17(13)7-4-3-5-8-17/h11H,3-9H2,1-2H3,(H,19,21). The Morgan fingerprint density at radius 1 is 1.24 bits per heavy atom. The first-order chi connectivity index (χ1) is 9.92. The summed E-state index contributed by atoms with van der Waals surface area (Å²) in [4.78, 5) is 13.3. The van der Waals surface area contributed by atoms with Crippen molar-refractivity contribution >= 4 is 23.0 Å². The molecule has 1 saturated carbocycles. The van der Waals surface area contributed by atoms with E-state index in [9.17, 15) is 10.1 Å². The second-order valence-electron chi connectivity index (χ2n) is 7.33. The number of fused-ring (bicyclic) bond motifs is 1. The lowest BCUT2D eigenvalue weighted by atomic mass is 9.55. The number of carbonyl (C=O) groups excluding carboxylic acids is 1. The van der Waals surface area contributed by atoms with E-state index in [2.05, 4.69) is 25.2 Å². The third kappa shape index (κ3) is 2.05. The normalized spacial score (nSPS) is 30.6. The summed E-state index contributed by atoms with van der Waals surface area (Å²) < 4.78 is 0. The predicted octanol–water partition coefficient (Wildman–Crippen LogP) is 3.65. The first-order valence-corrected chi connectivity index (χ1v) is 8.32. The van der Waals surface area contributed by atoms with Crippen LogP contribution in [0.25, 0.3) is 0 Å². The van der Waals surface area contributed by atoms with Crippen LogP contribution in [0.4, 0.5) is 0 Å². The van der Waals surface area contributed by atoms with Gasteiger partial charge in [-0.05, 0) is 19.3 Å². The number of Topliss-reactive ketones (excluding diaryl/α,β-unsaturated/α-hetero) is 1. The van der Waals surface area contributed by atoms with Crippen molar-refractivity contribution in [3.63, 3.8) is 0 Å². The van der Waals surface area contributed by atoms with Crippen molar-refractivity contribution in [2.75, 3.05) is 0 Å². The molecule has 0 aromatic rings. The topological polar surface area (TPSA) is 52.9 Å². The molecule has 1 unspecified atom stereocenters. The van der Waals surface area contributed by atoms with Gasteiger partial charge in [-0.3, -0.25) is 4.79 Å². The van der Waals surface area contributed by atoms with Gasteiger partial charge in [0.05, 0.1) is 11.1 Å². The van der Waals surface area contributed by atoms with Gasteiger partial charge in [0, 0.05) is 28.5 Å². The summed E-state index contributed by atoms with van der Waals surface area (Å²) >= 11 is 5.51. The zero-order valence-corrected chi connectivity index (χ0v) is 13.6. The lowest BCUT2D eigenvalue weighted by Gasteiger charge is -2.51. The largest absolute Gasteiger partial charge is 0.351 e. The zero-order valence-electron chi connectivity index (χ0n) is 12.8. The Labute approximate surface area is 131 Å². The van der Waals surface area contributed by atoms with E-state index in [0.29, 0.717) is 11.4 Å². The van der Waals surface area contributed by atoms with E-state index in [0.717, 1.165) is 43.4 Å². The van der Waals surface area contributed by atoms with Crippen molar-refractivity contribution in [3.8, 4) is 6.07 Å². The maximum atomic E-state index is 12.7. The smallest absolute Gasteiger partial charge is 0.161 e. The van der Waals surface area contributed by atoms with Gasteiger partial charge in [-0.1, -0.05) is 45.3 Å². The average Bonchev–Trinajstić information content (AvgIpc) is 2.44. The fourth-order valence-electron chi connectivity index (χ4n) is 4.41. The number of ketones is 1. The monoisotopic (exact) mass is 302 g/mol. The maximum Gasteiger partial charge on any atom is 0.161 e. The van der Waals surface area contributed by atoms with Crippen LogP contribution in [0.5, 0.6) is 0 Å². The minimum atomic E-state index is -0.343. The summed E-state index contributed by atoms with van der Waals surface area (Å²) in [7, 11) is 0. The Hall–Kier alpha value is -1.21. The number of allylic oxidation sites excluding steroid dienone is 2. The minimum Gasteiger partial charge on any atom is -0.351 e. The van der Waals surface area contributed by atoms with Gasteiger partial charge in [0.2, 0.25) is 0 Å². The van der Waals surface area contributed by atoms with Crippen molar-refractivity contribution in [3.05, 3.63) is 11.3 Å². The molecule has 1 aliphatic heterocycles. The van der Waals surface area contributed by atoms with Crippen LogP contribution >= 0.6 is 12.2 Å². The van der Waals surface area contributed by atoms with Gasteiger partial charge in [0.25, 0.3) is 0 Å². The van der Waals surface area contributed by atoms with Gasteiger partial charge in [-0.25, -0.2) is 0 Å². The van der Waals surface area contributed by atoms with E-state index < -0.39 is 0 Å². The highest BCUT2D eigenvalue weighted by atomic mass is 32.1. The Morgan fingerprint density at radius 3 is 2.52 bits per heavy atom. The van der Waals surface area contributed by atoms with Gasteiger partial charge in [0.1, 0.15) is 5.92 Å². The number of nitrogens with one attached hydrogen (secondary N) is 1. The first-order valence-electron chi connectivity index (χ1n) is 7.91. The van der Waals surface area contributed by atoms with Crippen LogP contribution in [0.1, 0.15) is 58.8 Å². The lowest BCUT2D eigenvalue weighted by molar-refractivity contribution is -0.118. The molecule has 2 aliphatic carbocycles. The molecule has 0 aromatic heterocycles. The highest BCUT2D eigenvalue weighted by molar-refractivity contribution is 7.80. The van der Waals surface area contributed by atoms with Gasteiger partial charge in [-0.15, -0.1) is 0 Å². The fraction of sp³-hybridized carbons (Fsp3) is 0.706. The van der Waals surface area contributed by atoms with Crippen molar-refractivity contribution < 1.29 is 4.79 Å². The van der Waals surface area contributed by atoms with Gasteiger partial charge in [0.15, 0.2) is 5.78 Å². The van der Waals surface area contributed by atoms with E-state index in [-0.39, 0.29) is 22.5 Å². The summed E-state index contributed by atoms with van der Waals surface area (Å²) in [6.45, 7) is 4.35. The molecule has 0 radical (unpaired) electrons. The van der Waals surface area contributed by atoms with Crippen LogP contribution in [0.15, 0.2) is 11.3 Å². The number of rotatable bonds is 0. The highest BCUT2D eigenvalue weighted by Gasteiger charge is 2.54. The molecule has 0 amide bonds. The summed E-state index contributed by atoms with van der Waals surface area (Å²) in [6, 6.07) is 2.41. The molecule has 1 N–H and O–H groups in total. The quantitative estimate of drug-likeness (QED) is 0.694. The molecule has 4 heteroatoms. The minimum absolute atomic E-state index is 0.0574. The third-order valence-corrected chi connectivity index (χ3v) is 5.96. The second kappa shape index (κ2) is 4.91. The molecular formula is C17H22N2OS. The predicted molar refractivity (Wildman–Crippen MR) is 85.4 cm³/mol. The van der Waals surface area contributed by atoms with Crippen molar-refractivity contribution in [2.45, 2.75) is 58.8 Å². The van der Waals surface area contributed by atoms with Crippen molar-refractivity contribution in [1.29, 1.82) is 5.26 Å². The van der Waals surface area contributed by atoms with Crippen LogP contribution < -0.4 is 5.32 Å². The van der Waals surface area contributed by atoms with Crippen LogP contribution in [0, 0.1) is 28.1 Å². The molecule has 3 aliphatic rings. The van der Waals surface area contributed by atoms with E-state index >= 15 is 0 Å².